The molecule has 5 saturated heterocycles. The summed E-state index contributed by atoms with van der Waals surface area (Å²) in [4.78, 5) is 0. The molecule has 0 spiro atoms. The smallest absolute Gasteiger partial charge is 0.100 e. The van der Waals surface area contributed by atoms with Crippen LogP contribution in [0.3, 0.4) is 0 Å². The molecule has 5 heterocycles. The van der Waals surface area contributed by atoms with E-state index in [4.69, 9.17) is 0 Å². The van der Waals surface area contributed by atoms with Crippen molar-refractivity contribution in [2.75, 3.05) is 0 Å². The van der Waals surface area contributed by atoms with Gasteiger partial charge in [0.1, 0.15) is 20.2 Å². The number of fused-ring (bicyclic) bond motifs is 20. The van der Waals surface area contributed by atoms with E-state index < -0.39 is 98.0 Å². The SMILES string of the molecule is O=S(=O)([O-])C1C2C3NC4NC(NC5NC(NC6NC(NC(N3)C2C(S(=O)(=O)[O-])C(S(=O)(=O)[O-])C1S(=O)(=O)[O-])C1CCCCC61)C1CCCCC51)C1CCCCC41.[Ga].[Ga]. The summed E-state index contributed by atoms with van der Waals surface area (Å²) < 4.78 is 157. The molecule has 4 saturated carbocycles. The summed E-state index contributed by atoms with van der Waals surface area (Å²) in [6.07, 6.45) is 6.60. The van der Waals surface area contributed by atoms with Gasteiger partial charge >= 0.3 is 0 Å². The normalized spacial score (nSPS) is 49.3. The van der Waals surface area contributed by atoms with Crippen molar-refractivity contribution in [3.63, 3.8) is 0 Å². The van der Waals surface area contributed by atoms with Crippen LogP contribution in [0.25, 0.3) is 0 Å². The van der Waals surface area contributed by atoms with E-state index in [9.17, 15) is 51.9 Å². The Morgan fingerprint density at radius 2 is 0.466 bits per heavy atom. The molecular formula is C32H52Ga2N8O12S4-4. The van der Waals surface area contributed by atoms with Crippen LogP contribution in [0.1, 0.15) is 77.0 Å². The molecule has 9 rings (SSSR count). The quantitative estimate of drug-likeness (QED) is 0.0981. The third-order valence-corrected chi connectivity index (χ3v) is 20.9. The Morgan fingerprint density at radius 1 is 0.293 bits per heavy atom. The van der Waals surface area contributed by atoms with Gasteiger partial charge in [-0.05, 0) is 74.0 Å². The van der Waals surface area contributed by atoms with Gasteiger partial charge in [-0.25, -0.2) is 33.7 Å². The fraction of sp³-hybridized carbons (Fsp3) is 1.00. The van der Waals surface area contributed by atoms with E-state index in [1.165, 1.54) is 0 Å². The molecule has 20 nitrogen and oxygen atoms in total. The van der Waals surface area contributed by atoms with Gasteiger partial charge in [0, 0.05) is 51.4 Å². The van der Waals surface area contributed by atoms with E-state index in [0.717, 1.165) is 77.0 Å². The zero-order valence-electron chi connectivity index (χ0n) is 31.7. The van der Waals surface area contributed by atoms with Crippen LogP contribution in [-0.2, 0) is 40.5 Å². The molecule has 20 atom stereocenters. The summed E-state index contributed by atoms with van der Waals surface area (Å²) in [6.45, 7) is 0. The van der Waals surface area contributed by atoms with E-state index in [1.54, 1.807) is 0 Å². The molecule has 5 aliphatic heterocycles. The molecule has 20 unspecified atom stereocenters. The number of nitrogens with one attached hydrogen (secondary N) is 8. The first-order chi connectivity index (χ1) is 26.3. The molecule has 0 aromatic heterocycles. The topological polar surface area (TPSA) is 325 Å². The zero-order valence-corrected chi connectivity index (χ0v) is 39.8. The van der Waals surface area contributed by atoms with Crippen molar-refractivity contribution in [2.24, 2.45) is 47.3 Å². The Balaban J connectivity index is 0.00000256. The molecule has 0 amide bonds. The van der Waals surface area contributed by atoms with Crippen LogP contribution in [0, 0.1) is 47.3 Å². The summed E-state index contributed by atoms with van der Waals surface area (Å²) in [6, 6.07) is 0. The van der Waals surface area contributed by atoms with Crippen LogP contribution >= 0.6 is 0 Å². The zero-order chi connectivity index (χ0) is 39.7. The molecule has 9 aliphatic rings. The summed E-state index contributed by atoms with van der Waals surface area (Å²) >= 11 is 0. The average molecular weight is 1010 g/mol. The first-order valence-corrected chi connectivity index (χ1v) is 26.1. The molecular weight excluding hydrogens is 956 g/mol. The van der Waals surface area contributed by atoms with Crippen molar-refractivity contribution in [3.05, 3.63) is 0 Å². The molecule has 8 bridgehead atoms. The van der Waals surface area contributed by atoms with Crippen LogP contribution in [0.15, 0.2) is 0 Å². The van der Waals surface area contributed by atoms with Gasteiger partial charge in [0.25, 0.3) is 0 Å². The number of hydrogen-bond acceptors (Lipinski definition) is 20. The van der Waals surface area contributed by atoms with Crippen molar-refractivity contribution < 1.29 is 51.9 Å². The molecule has 6 radical (unpaired) electrons. The Labute approximate surface area is 366 Å². The van der Waals surface area contributed by atoms with Crippen molar-refractivity contribution >= 4 is 80.1 Å². The Bertz CT molecular complexity index is 1860. The van der Waals surface area contributed by atoms with Crippen LogP contribution in [0.4, 0.5) is 0 Å². The van der Waals surface area contributed by atoms with E-state index in [1.807, 2.05) is 0 Å². The van der Waals surface area contributed by atoms with Gasteiger partial charge in [-0.1, -0.05) is 38.5 Å². The second-order valence-corrected chi connectivity index (χ2v) is 24.1. The molecule has 26 heteroatoms. The maximum absolute atomic E-state index is 13.3. The minimum Gasteiger partial charge on any atom is -0.748 e. The Kier molecular flexibility index (Phi) is 13.5. The fourth-order valence-corrected chi connectivity index (χ4v) is 20.5. The van der Waals surface area contributed by atoms with Crippen molar-refractivity contribution in [2.45, 2.75) is 147 Å². The first-order valence-electron chi connectivity index (χ1n) is 20.2. The van der Waals surface area contributed by atoms with E-state index >= 15 is 0 Å². The molecule has 4 aliphatic carbocycles. The van der Waals surface area contributed by atoms with E-state index in [-0.39, 0.29) is 87.9 Å². The minimum atomic E-state index is -6.22. The van der Waals surface area contributed by atoms with Gasteiger partial charge in [-0.2, -0.15) is 0 Å². The average Bonchev–Trinajstić information content (AvgIpc) is 3.84. The van der Waals surface area contributed by atoms with Gasteiger partial charge in [0.15, 0.2) is 0 Å². The van der Waals surface area contributed by atoms with Crippen LogP contribution in [0.2, 0.25) is 0 Å². The molecule has 9 fully saturated rings. The number of rotatable bonds is 4. The van der Waals surface area contributed by atoms with Gasteiger partial charge in [0.05, 0.1) is 90.6 Å². The number of hydrogen-bond donors (Lipinski definition) is 8. The molecule has 0 aromatic rings. The second-order valence-electron chi connectivity index (χ2n) is 18.0. The van der Waals surface area contributed by atoms with Crippen LogP contribution in [-0.4, -0.2) is 162 Å². The Hall–Kier alpha value is 0.593. The van der Waals surface area contributed by atoms with Gasteiger partial charge in [0.2, 0.25) is 0 Å². The molecule has 0 aromatic carbocycles. The Morgan fingerprint density at radius 3 is 0.655 bits per heavy atom. The second kappa shape index (κ2) is 16.9. The third-order valence-electron chi connectivity index (χ3n) is 15.3. The van der Waals surface area contributed by atoms with Crippen LogP contribution in [0.5, 0.6) is 0 Å². The molecule has 58 heavy (non-hydrogen) atoms. The molecule has 326 valence electrons. The fourth-order valence-electron chi connectivity index (χ4n) is 13.4. The van der Waals surface area contributed by atoms with Gasteiger partial charge in [-0.3, -0.25) is 42.5 Å². The molecule has 8 N–H and O–H groups in total. The maximum Gasteiger partial charge on any atom is 0.100 e. The largest absolute Gasteiger partial charge is 0.748 e. The van der Waals surface area contributed by atoms with E-state index in [0.29, 0.717) is 11.8 Å². The summed E-state index contributed by atoms with van der Waals surface area (Å²) in [5.41, 5.74) is 0. The van der Waals surface area contributed by atoms with Gasteiger partial charge < -0.3 is 18.2 Å². The predicted octanol–water partition coefficient (Wildman–Crippen LogP) is -4.06. The first kappa shape index (κ1) is 46.6. The standard InChI is InChI=1S/C32H56N8O12S4.2Ga/c41-53(42,43)21-19-20(22(54(44,45)46)24(56(50,51)52)23(21)55(47,48)49)32-39-30-18-12-6-4-10-16(18)28(37-30)35-26-14-8-2-1-7-13(14)25(33-26)34-27-15-9-3-5-11-17(15)29(36-27)38-31(19)40-32;;/h13-40H,1-12H2,(H,41,42,43)(H,44,45,46)(H,47,48,49)(H,50,51,52);;/p-4. The predicted molar refractivity (Wildman–Crippen MR) is 204 cm³/mol. The third kappa shape index (κ3) is 8.25. The van der Waals surface area contributed by atoms with Crippen LogP contribution < -0.4 is 42.5 Å². The van der Waals surface area contributed by atoms with Crippen molar-refractivity contribution in [1.29, 1.82) is 0 Å². The van der Waals surface area contributed by atoms with Gasteiger partial charge in [-0.15, -0.1) is 0 Å². The van der Waals surface area contributed by atoms with E-state index in [2.05, 4.69) is 42.5 Å². The monoisotopic (exact) mass is 1010 g/mol. The summed E-state index contributed by atoms with van der Waals surface area (Å²) in [5, 5.41) is 16.2. The van der Waals surface area contributed by atoms with Crippen molar-refractivity contribution in [3.8, 4) is 0 Å². The van der Waals surface area contributed by atoms with Crippen molar-refractivity contribution in [1.82, 2.24) is 42.5 Å². The minimum absolute atomic E-state index is 0. The maximum atomic E-state index is 13.3. The summed E-state index contributed by atoms with van der Waals surface area (Å²) in [5.74, 6) is -3.14. The summed E-state index contributed by atoms with van der Waals surface area (Å²) in [7, 11) is -24.4.